The van der Waals surface area contributed by atoms with Gasteiger partial charge in [-0.15, -0.1) is 0 Å². The molecule has 2 rings (SSSR count). The average molecular weight is 297 g/mol. The second-order valence-electron chi connectivity index (χ2n) is 5.29. The lowest BCUT2D eigenvalue weighted by Crippen LogP contribution is -2.34. The smallest absolute Gasteiger partial charge is 0.240 e. The molecule has 0 bridgehead atoms. The van der Waals surface area contributed by atoms with Gasteiger partial charge in [0.2, 0.25) is 10.0 Å². The quantitative estimate of drug-likeness (QED) is 0.772. The Morgan fingerprint density at radius 2 is 1.95 bits per heavy atom. The van der Waals surface area contributed by atoms with E-state index in [1.54, 1.807) is 19.1 Å². The Morgan fingerprint density at radius 3 is 2.55 bits per heavy atom. The summed E-state index contributed by atoms with van der Waals surface area (Å²) in [5.41, 5.74) is 6.91. The minimum absolute atomic E-state index is 0.273. The van der Waals surface area contributed by atoms with E-state index < -0.39 is 10.0 Å². The van der Waals surface area contributed by atoms with Crippen LogP contribution in [0.3, 0.4) is 0 Å². The van der Waals surface area contributed by atoms with Crippen LogP contribution in [0.15, 0.2) is 29.2 Å². The largest absolute Gasteiger partial charge is 0.382 e. The molecule has 0 amide bonds. The molecule has 1 aliphatic rings. The average Bonchev–Trinajstić information content (AvgIpc) is 2.39. The van der Waals surface area contributed by atoms with Crippen LogP contribution in [0.25, 0.3) is 0 Å². The maximum absolute atomic E-state index is 11.8. The lowest BCUT2D eigenvalue weighted by atomic mass is 9.91. The number of rotatable bonds is 5. The maximum atomic E-state index is 11.8. The van der Waals surface area contributed by atoms with Gasteiger partial charge < -0.3 is 11.1 Å². The van der Waals surface area contributed by atoms with E-state index in [2.05, 4.69) is 10.0 Å². The predicted molar refractivity (Wildman–Crippen MR) is 81.2 cm³/mol. The number of hydrogen-bond donors (Lipinski definition) is 3. The summed E-state index contributed by atoms with van der Waals surface area (Å²) in [5, 5.41) is 3.43. The highest BCUT2D eigenvalue weighted by Gasteiger charge is 2.19. The molecule has 0 saturated heterocycles. The molecule has 0 radical (unpaired) electrons. The third-order valence-corrected chi connectivity index (χ3v) is 5.15. The number of benzene rings is 1. The van der Waals surface area contributed by atoms with Gasteiger partial charge in [0.15, 0.2) is 0 Å². The highest BCUT2D eigenvalue weighted by atomic mass is 32.2. The molecule has 2 atom stereocenters. The van der Waals surface area contributed by atoms with E-state index in [9.17, 15) is 8.42 Å². The molecule has 1 saturated carbocycles. The molecule has 1 fully saturated rings. The summed E-state index contributed by atoms with van der Waals surface area (Å²) in [7, 11) is -3.37. The normalized spacial score (nSPS) is 23.5. The topological polar surface area (TPSA) is 84.2 Å². The van der Waals surface area contributed by atoms with Gasteiger partial charge in [0.05, 0.1) is 4.90 Å². The van der Waals surface area contributed by atoms with Crippen LogP contribution in [0.1, 0.15) is 32.6 Å². The van der Waals surface area contributed by atoms with Crippen molar-refractivity contribution < 1.29 is 8.42 Å². The zero-order valence-electron chi connectivity index (χ0n) is 11.8. The van der Waals surface area contributed by atoms with E-state index in [4.69, 9.17) is 5.73 Å². The van der Waals surface area contributed by atoms with Crippen LogP contribution in [0.5, 0.6) is 0 Å². The molecule has 112 valence electrons. The molecule has 2 unspecified atom stereocenters. The van der Waals surface area contributed by atoms with Gasteiger partial charge in [-0.25, -0.2) is 13.1 Å². The highest BCUT2D eigenvalue weighted by molar-refractivity contribution is 7.89. The lowest BCUT2D eigenvalue weighted by Gasteiger charge is -2.28. The summed E-state index contributed by atoms with van der Waals surface area (Å²) in [6.45, 7) is 2.15. The van der Waals surface area contributed by atoms with E-state index in [0.29, 0.717) is 17.5 Å². The fourth-order valence-corrected chi connectivity index (χ4v) is 3.64. The molecule has 1 aromatic rings. The minimum Gasteiger partial charge on any atom is -0.382 e. The van der Waals surface area contributed by atoms with Gasteiger partial charge in [-0.2, -0.15) is 0 Å². The molecule has 4 N–H and O–H groups in total. The molecular weight excluding hydrogens is 274 g/mol. The minimum atomic E-state index is -3.37. The molecule has 0 aromatic heterocycles. The Kier molecular flexibility index (Phi) is 5.01. The second kappa shape index (κ2) is 6.56. The summed E-state index contributed by atoms with van der Waals surface area (Å²) in [4.78, 5) is 0.297. The lowest BCUT2D eigenvalue weighted by molar-refractivity contribution is 0.409. The molecular formula is C14H23N3O2S. The van der Waals surface area contributed by atoms with Crippen molar-refractivity contribution in [2.24, 2.45) is 5.73 Å². The zero-order valence-corrected chi connectivity index (χ0v) is 12.6. The van der Waals surface area contributed by atoms with Gasteiger partial charge >= 0.3 is 0 Å². The number of nitrogens with one attached hydrogen (secondary N) is 2. The second-order valence-corrected chi connectivity index (χ2v) is 7.06. The number of hydrogen-bond acceptors (Lipinski definition) is 4. The van der Waals surface area contributed by atoms with Crippen molar-refractivity contribution >= 4 is 15.7 Å². The van der Waals surface area contributed by atoms with Gasteiger partial charge in [-0.05, 0) is 49.9 Å². The van der Waals surface area contributed by atoms with Crippen LogP contribution in [-0.4, -0.2) is 27.0 Å². The molecule has 20 heavy (non-hydrogen) atoms. The highest BCUT2D eigenvalue weighted by Crippen LogP contribution is 2.22. The van der Waals surface area contributed by atoms with E-state index in [0.717, 1.165) is 31.4 Å². The van der Waals surface area contributed by atoms with Crippen molar-refractivity contribution in [2.45, 2.75) is 49.6 Å². The Balaban J connectivity index is 2.01. The van der Waals surface area contributed by atoms with Crippen LogP contribution in [0.4, 0.5) is 5.69 Å². The number of sulfonamides is 1. The van der Waals surface area contributed by atoms with Gasteiger partial charge in [-0.1, -0.05) is 6.92 Å². The van der Waals surface area contributed by atoms with Crippen LogP contribution < -0.4 is 15.8 Å². The fourth-order valence-electron chi connectivity index (χ4n) is 2.60. The summed E-state index contributed by atoms with van der Waals surface area (Å²) in [6.07, 6.45) is 4.33. The molecule has 1 aromatic carbocycles. The van der Waals surface area contributed by atoms with E-state index >= 15 is 0 Å². The molecule has 1 aliphatic carbocycles. The van der Waals surface area contributed by atoms with Gasteiger partial charge in [0.25, 0.3) is 0 Å². The van der Waals surface area contributed by atoms with Crippen molar-refractivity contribution in [3.63, 3.8) is 0 Å². The monoisotopic (exact) mass is 297 g/mol. The summed E-state index contributed by atoms with van der Waals surface area (Å²) in [6, 6.07) is 7.53. The SMILES string of the molecule is CCNS(=O)(=O)c1ccc(NC2CCCC(N)C2)cc1. The molecule has 6 heteroatoms. The predicted octanol–water partition coefficient (Wildman–Crippen LogP) is 1.67. The Hall–Kier alpha value is -1.11. The van der Waals surface area contributed by atoms with E-state index in [-0.39, 0.29) is 6.04 Å². The fraction of sp³-hybridized carbons (Fsp3) is 0.571. The van der Waals surface area contributed by atoms with Crippen LogP contribution >= 0.6 is 0 Å². The Morgan fingerprint density at radius 1 is 1.25 bits per heavy atom. The van der Waals surface area contributed by atoms with Crippen molar-refractivity contribution in [1.29, 1.82) is 0 Å². The van der Waals surface area contributed by atoms with Crippen LogP contribution in [0.2, 0.25) is 0 Å². The van der Waals surface area contributed by atoms with E-state index in [1.165, 1.54) is 0 Å². The molecule has 0 spiro atoms. The number of anilines is 1. The first kappa shape index (κ1) is 15.3. The maximum Gasteiger partial charge on any atom is 0.240 e. The standard InChI is InChI=1S/C14H23N3O2S/c1-2-16-20(18,19)14-8-6-12(7-9-14)17-13-5-3-4-11(15)10-13/h6-9,11,13,16-17H,2-5,10,15H2,1H3. The van der Waals surface area contributed by atoms with Crippen molar-refractivity contribution in [3.05, 3.63) is 24.3 Å². The van der Waals surface area contributed by atoms with Crippen molar-refractivity contribution in [3.8, 4) is 0 Å². The van der Waals surface area contributed by atoms with Gasteiger partial charge in [0, 0.05) is 24.3 Å². The number of nitrogens with two attached hydrogens (primary N) is 1. The molecule has 5 nitrogen and oxygen atoms in total. The molecule has 0 heterocycles. The van der Waals surface area contributed by atoms with Crippen LogP contribution in [0, 0.1) is 0 Å². The van der Waals surface area contributed by atoms with Gasteiger partial charge in [0.1, 0.15) is 0 Å². The first-order valence-electron chi connectivity index (χ1n) is 7.13. The summed E-state index contributed by atoms with van der Waals surface area (Å²) >= 11 is 0. The first-order chi connectivity index (χ1) is 9.51. The zero-order chi connectivity index (χ0) is 14.6. The third-order valence-electron chi connectivity index (χ3n) is 3.58. The van der Waals surface area contributed by atoms with Crippen LogP contribution in [-0.2, 0) is 10.0 Å². The van der Waals surface area contributed by atoms with Crippen molar-refractivity contribution in [2.75, 3.05) is 11.9 Å². The summed E-state index contributed by atoms with van der Waals surface area (Å²) in [5.74, 6) is 0. The third kappa shape index (κ3) is 3.94. The van der Waals surface area contributed by atoms with Crippen molar-refractivity contribution in [1.82, 2.24) is 4.72 Å². The Labute approximate surface area is 121 Å². The summed E-state index contributed by atoms with van der Waals surface area (Å²) < 4.78 is 26.1. The van der Waals surface area contributed by atoms with Gasteiger partial charge in [-0.3, -0.25) is 0 Å². The van der Waals surface area contributed by atoms with E-state index in [1.807, 2.05) is 12.1 Å². The first-order valence-corrected chi connectivity index (χ1v) is 8.61. The molecule has 0 aliphatic heterocycles. The Bertz CT molecular complexity index is 528.